The number of hydrogen-bond donors (Lipinski definition) is 2. The van der Waals surface area contributed by atoms with Gasteiger partial charge in [-0.2, -0.15) is 0 Å². The molecule has 0 aromatic heterocycles. The Kier molecular flexibility index (Phi) is 6.85. The number of benzene rings is 3. The molecule has 8 nitrogen and oxygen atoms in total. The summed E-state index contributed by atoms with van der Waals surface area (Å²) in [5.41, 5.74) is 4.42. The molecule has 7 rings (SSSR count). The van der Waals surface area contributed by atoms with Crippen LogP contribution in [0.1, 0.15) is 24.3 Å². The van der Waals surface area contributed by atoms with E-state index >= 15 is 0 Å². The third-order valence-corrected chi connectivity index (χ3v) is 9.65. The molecule has 0 saturated carbocycles. The van der Waals surface area contributed by atoms with Crippen molar-refractivity contribution in [2.24, 2.45) is 17.8 Å². The van der Waals surface area contributed by atoms with Crippen LogP contribution in [0.2, 0.25) is 0 Å². The van der Waals surface area contributed by atoms with Crippen LogP contribution in [0.5, 0.6) is 11.5 Å². The van der Waals surface area contributed by atoms with Crippen molar-refractivity contribution in [1.82, 2.24) is 0 Å². The van der Waals surface area contributed by atoms with Crippen molar-refractivity contribution in [3.63, 3.8) is 0 Å². The van der Waals surface area contributed by atoms with Gasteiger partial charge in [0.05, 0.1) is 29.1 Å². The van der Waals surface area contributed by atoms with Crippen molar-refractivity contribution < 1.29 is 29.0 Å². The summed E-state index contributed by atoms with van der Waals surface area (Å²) in [5, 5.41) is 13.6. The quantitative estimate of drug-likeness (QED) is 0.195. The first-order chi connectivity index (χ1) is 21.3. The zero-order valence-electron chi connectivity index (χ0n) is 23.6. The van der Waals surface area contributed by atoms with Crippen LogP contribution >= 0.6 is 15.9 Å². The van der Waals surface area contributed by atoms with E-state index in [-0.39, 0.29) is 45.8 Å². The number of carbonyl (C=O) groups is 4. The minimum Gasteiger partial charge on any atom is -0.504 e. The molecule has 220 valence electrons. The van der Waals surface area contributed by atoms with Crippen LogP contribution in [0.3, 0.4) is 0 Å². The number of ether oxygens (including phenoxy) is 1. The molecule has 44 heavy (non-hydrogen) atoms. The SMILES string of the molecule is COc1cc(C2C3=CCC4C(=O)N(c5ccc(Nc6ccccc6)cc5)C(=O)C4C3CC3=C2C(=O)C=C(Br)C3=O)ccc1O. The number of nitrogens with zero attached hydrogens (tertiary/aromatic N) is 1. The van der Waals surface area contributed by atoms with Crippen LogP contribution in [0.15, 0.2) is 106 Å². The number of fused-ring (bicyclic) bond motifs is 3. The highest BCUT2D eigenvalue weighted by Crippen LogP contribution is 2.56. The Labute approximate surface area is 261 Å². The molecule has 3 aliphatic carbocycles. The number of amides is 2. The molecule has 9 heteroatoms. The lowest BCUT2D eigenvalue weighted by Gasteiger charge is -2.42. The molecule has 0 radical (unpaired) electrons. The molecule has 3 aromatic rings. The van der Waals surface area contributed by atoms with E-state index in [1.807, 2.05) is 48.5 Å². The summed E-state index contributed by atoms with van der Waals surface area (Å²) in [4.78, 5) is 56.1. The van der Waals surface area contributed by atoms with Crippen molar-refractivity contribution in [3.05, 3.63) is 112 Å². The molecular weight excluding hydrogens is 624 g/mol. The van der Waals surface area contributed by atoms with Crippen molar-refractivity contribution in [2.75, 3.05) is 17.3 Å². The summed E-state index contributed by atoms with van der Waals surface area (Å²) in [5.74, 6) is -3.35. The number of ketones is 2. The van der Waals surface area contributed by atoms with E-state index in [1.54, 1.807) is 24.3 Å². The fourth-order valence-corrected chi connectivity index (χ4v) is 7.54. The number of aromatic hydroxyl groups is 1. The van der Waals surface area contributed by atoms with Crippen LogP contribution in [0, 0.1) is 17.8 Å². The highest BCUT2D eigenvalue weighted by Gasteiger charge is 2.56. The third-order valence-electron chi connectivity index (χ3n) is 9.06. The predicted octanol–water partition coefficient (Wildman–Crippen LogP) is 6.11. The maximum absolute atomic E-state index is 14.2. The predicted molar refractivity (Wildman–Crippen MR) is 168 cm³/mol. The van der Waals surface area contributed by atoms with E-state index < -0.39 is 23.7 Å². The van der Waals surface area contributed by atoms with Gasteiger partial charge < -0.3 is 15.2 Å². The number of methoxy groups -OCH3 is 1. The minimum absolute atomic E-state index is 0.0543. The molecule has 1 saturated heterocycles. The second-order valence-electron chi connectivity index (χ2n) is 11.4. The fraction of sp³-hybridized carbons (Fsp3) is 0.200. The zero-order valence-corrected chi connectivity index (χ0v) is 25.2. The number of anilines is 3. The van der Waals surface area contributed by atoms with Crippen LogP contribution in [-0.4, -0.2) is 35.6 Å². The van der Waals surface area contributed by atoms with Gasteiger partial charge in [0.1, 0.15) is 0 Å². The maximum atomic E-state index is 14.2. The van der Waals surface area contributed by atoms with Crippen molar-refractivity contribution in [1.29, 1.82) is 0 Å². The number of rotatable bonds is 5. The topological polar surface area (TPSA) is 113 Å². The number of halogens is 1. The average molecular weight is 652 g/mol. The lowest BCUT2D eigenvalue weighted by atomic mass is 9.59. The highest BCUT2D eigenvalue weighted by atomic mass is 79.9. The Hall–Kier alpha value is -4.76. The van der Waals surface area contributed by atoms with Crippen LogP contribution in [0.4, 0.5) is 17.1 Å². The number of nitrogens with one attached hydrogen (secondary N) is 1. The van der Waals surface area contributed by atoms with Gasteiger partial charge in [0.15, 0.2) is 23.1 Å². The minimum atomic E-state index is -0.687. The molecule has 0 spiro atoms. The Morgan fingerprint density at radius 1 is 0.909 bits per heavy atom. The van der Waals surface area contributed by atoms with Gasteiger partial charge in [-0.05, 0) is 88.8 Å². The largest absolute Gasteiger partial charge is 0.504 e. The number of para-hydroxylation sites is 1. The van der Waals surface area contributed by atoms with E-state index in [4.69, 9.17) is 4.74 Å². The van der Waals surface area contributed by atoms with Gasteiger partial charge in [0.25, 0.3) is 0 Å². The molecule has 4 aliphatic rings. The molecule has 1 fully saturated rings. The molecular formula is C35H27BrN2O6. The second kappa shape index (κ2) is 10.7. The van der Waals surface area contributed by atoms with Gasteiger partial charge in [-0.1, -0.05) is 35.9 Å². The van der Waals surface area contributed by atoms with E-state index in [2.05, 4.69) is 21.2 Å². The fourth-order valence-electron chi connectivity index (χ4n) is 7.10. The number of allylic oxidation sites excluding steroid dienone is 6. The second-order valence-corrected chi connectivity index (χ2v) is 12.2. The average Bonchev–Trinajstić information content (AvgIpc) is 3.29. The molecule has 2 amide bonds. The standard InChI is InChI=1S/C35H27BrN2O6/c1-44-29-15-18(7-14-27(29)39)30-22-12-13-23-31(24(22)16-25-32(30)28(40)17-26(36)33(25)41)35(43)38(34(23)42)21-10-8-20(9-11-21)37-19-5-3-2-4-6-19/h2-12,14-15,17,23-24,30-31,37,39H,13,16H2,1H3. The number of phenolic OH excluding ortho intramolecular Hbond substituents is 1. The van der Waals surface area contributed by atoms with Gasteiger partial charge in [-0.3, -0.25) is 24.1 Å². The molecule has 4 atom stereocenters. The van der Waals surface area contributed by atoms with E-state index in [0.717, 1.165) is 16.9 Å². The van der Waals surface area contributed by atoms with E-state index in [9.17, 15) is 24.3 Å². The zero-order chi connectivity index (χ0) is 30.7. The smallest absolute Gasteiger partial charge is 0.238 e. The van der Waals surface area contributed by atoms with Crippen LogP contribution in [0.25, 0.3) is 0 Å². The van der Waals surface area contributed by atoms with E-state index in [0.29, 0.717) is 28.8 Å². The molecule has 1 heterocycles. The van der Waals surface area contributed by atoms with Gasteiger partial charge >= 0.3 is 0 Å². The number of Topliss-reactive ketones (excluding diaryl/α,β-unsaturated/α-hetero) is 1. The highest BCUT2D eigenvalue weighted by molar-refractivity contribution is 9.12. The lowest BCUT2D eigenvalue weighted by Crippen LogP contribution is -2.39. The van der Waals surface area contributed by atoms with Crippen LogP contribution in [-0.2, 0) is 19.2 Å². The Balaban J connectivity index is 1.26. The summed E-state index contributed by atoms with van der Waals surface area (Å²) >= 11 is 3.25. The third kappa shape index (κ3) is 4.42. The van der Waals surface area contributed by atoms with Crippen LogP contribution < -0.4 is 15.0 Å². The number of phenols is 1. The maximum Gasteiger partial charge on any atom is 0.238 e. The normalized spacial score (nSPS) is 24.4. The van der Waals surface area contributed by atoms with Gasteiger partial charge in [0, 0.05) is 34.5 Å². The van der Waals surface area contributed by atoms with Crippen molar-refractivity contribution in [2.45, 2.75) is 18.8 Å². The van der Waals surface area contributed by atoms with Crippen molar-refractivity contribution >= 4 is 56.4 Å². The monoisotopic (exact) mass is 650 g/mol. The molecule has 0 bridgehead atoms. The summed E-state index contributed by atoms with van der Waals surface area (Å²) in [7, 11) is 1.44. The Bertz CT molecular complexity index is 1840. The molecule has 4 unspecified atom stereocenters. The molecule has 2 N–H and O–H groups in total. The van der Waals surface area contributed by atoms with E-state index in [1.165, 1.54) is 24.2 Å². The first-order valence-electron chi connectivity index (χ1n) is 14.3. The summed E-state index contributed by atoms with van der Waals surface area (Å²) in [6.45, 7) is 0. The molecule has 3 aromatic carbocycles. The molecule has 1 aliphatic heterocycles. The van der Waals surface area contributed by atoms with Gasteiger partial charge in [-0.15, -0.1) is 0 Å². The summed E-state index contributed by atoms with van der Waals surface area (Å²) in [6.07, 6.45) is 3.77. The number of carbonyl (C=O) groups excluding carboxylic acids is 4. The Morgan fingerprint density at radius 3 is 2.36 bits per heavy atom. The lowest BCUT2D eigenvalue weighted by molar-refractivity contribution is -0.123. The summed E-state index contributed by atoms with van der Waals surface area (Å²) in [6, 6.07) is 21.7. The Morgan fingerprint density at radius 2 is 1.64 bits per heavy atom. The van der Waals surface area contributed by atoms with Crippen molar-refractivity contribution in [3.8, 4) is 11.5 Å². The van der Waals surface area contributed by atoms with Gasteiger partial charge in [0.2, 0.25) is 11.8 Å². The number of hydrogen-bond acceptors (Lipinski definition) is 7. The first-order valence-corrected chi connectivity index (χ1v) is 15.1. The van der Waals surface area contributed by atoms with Gasteiger partial charge in [-0.25, -0.2) is 0 Å². The number of imide groups is 1. The first kappa shape index (κ1) is 28.0. The summed E-state index contributed by atoms with van der Waals surface area (Å²) < 4.78 is 5.52.